The molecule has 5 N–H and O–H groups in total. The number of rotatable bonds is 4. The number of aliphatic hydroxyl groups is 5. The first-order valence-corrected chi connectivity index (χ1v) is 11.1. The van der Waals surface area contributed by atoms with Gasteiger partial charge in [-0.3, -0.25) is 0 Å². The van der Waals surface area contributed by atoms with Gasteiger partial charge in [0.25, 0.3) is 0 Å². The molecule has 0 amide bonds. The average Bonchev–Trinajstić information content (AvgIpc) is 2.86. The second-order valence-electron chi connectivity index (χ2n) is 8.11. The Morgan fingerprint density at radius 2 is 1.74 bits per heavy atom. The van der Waals surface area contributed by atoms with Crippen LogP contribution in [0.5, 0.6) is 0 Å². The summed E-state index contributed by atoms with van der Waals surface area (Å²) >= 11 is 6.38. The number of hydrogen-bond donors (Lipinski definition) is 5. The van der Waals surface area contributed by atoms with Gasteiger partial charge in [0.15, 0.2) is 0 Å². The predicted octanol–water partition coefficient (Wildman–Crippen LogP) is 1.34. The molecular weight excluding hydrogens is 458 g/mol. The van der Waals surface area contributed by atoms with Crippen molar-refractivity contribution < 1.29 is 30.3 Å². The number of nitrogens with zero attached hydrogens (tertiary/aromatic N) is 1. The molecule has 0 aliphatic carbocycles. The Morgan fingerprint density at radius 3 is 2.41 bits per heavy atom. The lowest BCUT2D eigenvalue weighted by molar-refractivity contribution is -0.357. The van der Waals surface area contributed by atoms with E-state index in [9.17, 15) is 25.5 Å². The van der Waals surface area contributed by atoms with Crippen LogP contribution in [0.25, 0.3) is 0 Å². The van der Waals surface area contributed by atoms with Gasteiger partial charge in [0.2, 0.25) is 5.79 Å². The molecule has 4 rings (SSSR count). The summed E-state index contributed by atoms with van der Waals surface area (Å²) in [6.07, 6.45) is -4.27. The minimum absolute atomic E-state index is 0.140. The molecule has 1 aliphatic rings. The van der Waals surface area contributed by atoms with E-state index >= 15 is 0 Å². The van der Waals surface area contributed by atoms with Crippen molar-refractivity contribution in [3.05, 3.63) is 99.8 Å². The molecule has 3 aromatic rings. The highest BCUT2D eigenvalue weighted by molar-refractivity contribution is 6.31. The van der Waals surface area contributed by atoms with Crippen molar-refractivity contribution in [1.82, 2.24) is 4.98 Å². The molecule has 8 heteroatoms. The van der Waals surface area contributed by atoms with Gasteiger partial charge in [-0.1, -0.05) is 41.8 Å². The van der Waals surface area contributed by atoms with E-state index < -0.39 is 36.8 Å². The lowest BCUT2D eigenvalue weighted by atomic mass is 9.87. The largest absolute Gasteiger partial charge is 0.394 e. The molecule has 0 spiro atoms. The highest BCUT2D eigenvalue weighted by atomic mass is 35.5. The molecule has 2 aromatic carbocycles. The van der Waals surface area contributed by atoms with Crippen molar-refractivity contribution in [3.8, 4) is 11.8 Å². The fourth-order valence-electron chi connectivity index (χ4n) is 3.82. The van der Waals surface area contributed by atoms with E-state index in [1.165, 1.54) is 6.07 Å². The Hall–Kier alpha value is -2.80. The van der Waals surface area contributed by atoms with Crippen molar-refractivity contribution in [3.63, 3.8) is 0 Å². The summed E-state index contributed by atoms with van der Waals surface area (Å²) in [5, 5.41) is 51.5. The third-order valence-electron chi connectivity index (χ3n) is 5.77. The number of ether oxygens (including phenoxy) is 1. The van der Waals surface area contributed by atoms with Crippen molar-refractivity contribution in [2.45, 2.75) is 36.6 Å². The molecule has 2 heterocycles. The third-order valence-corrected chi connectivity index (χ3v) is 6.14. The van der Waals surface area contributed by atoms with E-state index in [1.54, 1.807) is 18.3 Å². The molecule has 176 valence electrons. The van der Waals surface area contributed by atoms with Gasteiger partial charge in [0.1, 0.15) is 30.1 Å². The molecule has 34 heavy (non-hydrogen) atoms. The van der Waals surface area contributed by atoms with Crippen LogP contribution in [0.1, 0.15) is 27.9 Å². The van der Waals surface area contributed by atoms with Crippen molar-refractivity contribution in [2.24, 2.45) is 0 Å². The Labute approximate surface area is 201 Å². The van der Waals surface area contributed by atoms with E-state index in [0.29, 0.717) is 22.7 Å². The third kappa shape index (κ3) is 4.99. The van der Waals surface area contributed by atoms with Gasteiger partial charge < -0.3 is 30.3 Å². The highest BCUT2D eigenvalue weighted by Crippen LogP contribution is 2.37. The van der Waals surface area contributed by atoms with Crippen LogP contribution in [0.3, 0.4) is 0 Å². The van der Waals surface area contributed by atoms with Gasteiger partial charge in [-0.05, 0) is 59.9 Å². The summed E-state index contributed by atoms with van der Waals surface area (Å²) < 4.78 is 5.41. The SMILES string of the molecule is OC[C@H]1O[C@](O)(c2ccc(Cl)c(Cc3ccc(C#Cc4ccccn4)cc3)c2)[C@H](O)[C@@H](O)[C@@H]1O. The molecule has 1 aromatic heterocycles. The summed E-state index contributed by atoms with van der Waals surface area (Å²) in [5.41, 5.74) is 3.23. The number of halogens is 1. The Balaban J connectivity index is 1.55. The zero-order chi connectivity index (χ0) is 24.3. The molecule has 0 unspecified atom stereocenters. The summed E-state index contributed by atoms with van der Waals surface area (Å²) in [4.78, 5) is 4.17. The van der Waals surface area contributed by atoms with Crippen LogP contribution < -0.4 is 0 Å². The molecule has 0 saturated carbocycles. The molecule has 0 radical (unpaired) electrons. The van der Waals surface area contributed by atoms with Crippen LogP contribution in [0.2, 0.25) is 5.02 Å². The first-order chi connectivity index (χ1) is 16.3. The summed E-state index contributed by atoms with van der Waals surface area (Å²) in [7, 11) is 0. The van der Waals surface area contributed by atoms with Gasteiger partial charge >= 0.3 is 0 Å². The first-order valence-electron chi connectivity index (χ1n) is 10.7. The number of pyridine rings is 1. The molecule has 1 aliphatic heterocycles. The standard InChI is InChI=1S/C26H24ClNO6/c27-21-11-9-19(26(33)25(32)24(31)23(30)22(15-29)34-26)14-18(21)13-17-6-4-16(5-7-17)8-10-20-3-1-2-12-28-20/h1-7,9,11-12,14,22-25,29-33H,13,15H2/t22-,23-,24+,25-,26-/m1/s1. The van der Waals surface area contributed by atoms with Crippen molar-refractivity contribution in [2.75, 3.05) is 6.61 Å². The number of benzene rings is 2. The summed E-state index contributed by atoms with van der Waals surface area (Å²) in [6.45, 7) is -0.650. The van der Waals surface area contributed by atoms with E-state index in [0.717, 1.165) is 11.1 Å². The molecule has 5 atom stereocenters. The van der Waals surface area contributed by atoms with Gasteiger partial charge in [0.05, 0.1) is 6.61 Å². The van der Waals surface area contributed by atoms with Crippen molar-refractivity contribution >= 4 is 11.6 Å². The Kier molecular flexibility index (Phi) is 7.31. The lowest BCUT2D eigenvalue weighted by Crippen LogP contribution is -2.63. The normalized spacial score (nSPS) is 26.5. The van der Waals surface area contributed by atoms with E-state index in [4.69, 9.17) is 16.3 Å². The van der Waals surface area contributed by atoms with E-state index in [-0.39, 0.29) is 5.56 Å². The number of aliphatic hydroxyl groups excluding tert-OH is 4. The zero-order valence-electron chi connectivity index (χ0n) is 18.0. The fourth-order valence-corrected chi connectivity index (χ4v) is 4.01. The maximum atomic E-state index is 11.1. The number of hydrogen-bond acceptors (Lipinski definition) is 7. The van der Waals surface area contributed by atoms with Crippen LogP contribution in [0, 0.1) is 11.8 Å². The van der Waals surface area contributed by atoms with Gasteiger partial charge in [-0.25, -0.2) is 4.98 Å². The lowest BCUT2D eigenvalue weighted by Gasteiger charge is -2.45. The van der Waals surface area contributed by atoms with Crippen LogP contribution in [-0.2, 0) is 16.9 Å². The summed E-state index contributed by atoms with van der Waals surface area (Å²) in [6, 6.07) is 17.7. The molecular formula is C26H24ClNO6. The second kappa shape index (κ2) is 10.2. The molecule has 0 bridgehead atoms. The van der Waals surface area contributed by atoms with Crippen molar-refractivity contribution in [1.29, 1.82) is 0 Å². The fraction of sp³-hybridized carbons (Fsp3) is 0.269. The van der Waals surface area contributed by atoms with Crippen LogP contribution in [0.15, 0.2) is 66.9 Å². The van der Waals surface area contributed by atoms with Crippen LogP contribution >= 0.6 is 11.6 Å². The second-order valence-corrected chi connectivity index (χ2v) is 8.51. The quantitative estimate of drug-likeness (QED) is 0.356. The molecule has 1 saturated heterocycles. The zero-order valence-corrected chi connectivity index (χ0v) is 18.8. The smallest absolute Gasteiger partial charge is 0.222 e. The maximum absolute atomic E-state index is 11.1. The van der Waals surface area contributed by atoms with Gasteiger partial charge in [-0.2, -0.15) is 0 Å². The minimum Gasteiger partial charge on any atom is -0.394 e. The molecule has 7 nitrogen and oxygen atoms in total. The topological polar surface area (TPSA) is 123 Å². The maximum Gasteiger partial charge on any atom is 0.222 e. The van der Waals surface area contributed by atoms with E-state index in [1.807, 2.05) is 42.5 Å². The van der Waals surface area contributed by atoms with E-state index in [2.05, 4.69) is 16.8 Å². The minimum atomic E-state index is -2.34. The predicted molar refractivity (Wildman–Crippen MR) is 125 cm³/mol. The average molecular weight is 482 g/mol. The number of aromatic nitrogens is 1. The van der Waals surface area contributed by atoms with Gasteiger partial charge in [-0.15, -0.1) is 0 Å². The van der Waals surface area contributed by atoms with Gasteiger partial charge in [0, 0.05) is 22.3 Å². The summed E-state index contributed by atoms with van der Waals surface area (Å²) in [5.74, 6) is 3.73. The Bertz CT molecular complexity index is 1190. The van der Waals surface area contributed by atoms with Crippen LogP contribution in [0.4, 0.5) is 0 Å². The monoisotopic (exact) mass is 481 g/mol. The first kappa shape index (κ1) is 24.3. The highest BCUT2D eigenvalue weighted by Gasteiger charge is 2.53. The molecule has 1 fully saturated rings. The van der Waals surface area contributed by atoms with Crippen LogP contribution in [-0.4, -0.2) is 61.5 Å². The Morgan fingerprint density at radius 1 is 0.971 bits per heavy atom.